The van der Waals surface area contributed by atoms with Crippen LogP contribution in [-0.2, 0) is 4.74 Å². The topological polar surface area (TPSA) is 9.23 Å². The summed E-state index contributed by atoms with van der Waals surface area (Å²) in [4.78, 5) is 0. The highest BCUT2D eigenvalue weighted by Crippen LogP contribution is 2.09. The summed E-state index contributed by atoms with van der Waals surface area (Å²) >= 11 is 0. The van der Waals surface area contributed by atoms with Crippen LogP contribution in [-0.4, -0.2) is 6.61 Å². The van der Waals surface area contributed by atoms with E-state index in [1.54, 1.807) is 0 Å². The lowest BCUT2D eigenvalue weighted by Crippen LogP contribution is -2.10. The molecule has 0 aromatic carbocycles. The van der Waals surface area contributed by atoms with E-state index in [9.17, 15) is 0 Å². The molecule has 0 spiro atoms. The van der Waals surface area contributed by atoms with Gasteiger partial charge in [-0.1, -0.05) is 27.7 Å². The molecule has 1 radical (unpaired) electrons. The molecule has 0 amide bonds. The van der Waals surface area contributed by atoms with Gasteiger partial charge in [-0.2, -0.15) is 0 Å². The molecule has 0 aliphatic carbocycles. The minimum atomic E-state index is 0.669. The van der Waals surface area contributed by atoms with Gasteiger partial charge in [0.05, 0.1) is 6.61 Å². The third kappa shape index (κ3) is 4.80. The van der Waals surface area contributed by atoms with Gasteiger partial charge in [0.25, 0.3) is 0 Å². The van der Waals surface area contributed by atoms with Crippen molar-refractivity contribution in [3.8, 4) is 0 Å². The van der Waals surface area contributed by atoms with E-state index in [2.05, 4.69) is 27.7 Å². The van der Waals surface area contributed by atoms with Gasteiger partial charge in [0, 0.05) is 6.61 Å². The van der Waals surface area contributed by atoms with E-state index < -0.39 is 0 Å². The van der Waals surface area contributed by atoms with Crippen LogP contribution >= 0.6 is 0 Å². The van der Waals surface area contributed by atoms with E-state index in [4.69, 9.17) is 4.74 Å². The highest BCUT2D eigenvalue weighted by molar-refractivity contribution is 4.56. The molecule has 0 heterocycles. The summed E-state index contributed by atoms with van der Waals surface area (Å²) in [5.41, 5.74) is 0. The predicted octanol–water partition coefficient (Wildman–Crippen LogP) is 2.87. The molecule has 1 unspecified atom stereocenters. The number of rotatable bonds is 5. The van der Waals surface area contributed by atoms with Crippen LogP contribution in [0.3, 0.4) is 0 Å². The van der Waals surface area contributed by atoms with E-state index in [0.29, 0.717) is 5.92 Å². The summed E-state index contributed by atoms with van der Waals surface area (Å²) < 4.78 is 5.28. The lowest BCUT2D eigenvalue weighted by molar-refractivity contribution is 0.137. The second-order valence-corrected chi connectivity index (χ2v) is 3.13. The smallest absolute Gasteiger partial charge is 0.0834 e. The van der Waals surface area contributed by atoms with Crippen molar-refractivity contribution < 1.29 is 4.74 Å². The average Bonchev–Trinajstić information content (AvgIpc) is 1.88. The maximum Gasteiger partial charge on any atom is 0.0834 e. The SMILES string of the molecule is CC[CH]OCC(C)C(C)C. The van der Waals surface area contributed by atoms with Crippen LogP contribution in [0.15, 0.2) is 0 Å². The Morgan fingerprint density at radius 2 is 1.90 bits per heavy atom. The predicted molar refractivity (Wildman–Crippen MR) is 44.5 cm³/mol. The van der Waals surface area contributed by atoms with Crippen LogP contribution < -0.4 is 0 Å². The largest absolute Gasteiger partial charge is 0.375 e. The second-order valence-electron chi connectivity index (χ2n) is 3.13. The Bertz CT molecular complexity index is 69.1. The summed E-state index contributed by atoms with van der Waals surface area (Å²) in [6, 6.07) is 0. The molecule has 61 valence electrons. The van der Waals surface area contributed by atoms with Crippen LogP contribution in [0.2, 0.25) is 0 Å². The van der Waals surface area contributed by atoms with Crippen molar-refractivity contribution in [2.45, 2.75) is 34.1 Å². The van der Waals surface area contributed by atoms with Gasteiger partial charge < -0.3 is 4.74 Å². The van der Waals surface area contributed by atoms with Gasteiger partial charge in [0.2, 0.25) is 0 Å². The molecule has 10 heavy (non-hydrogen) atoms. The zero-order valence-electron chi connectivity index (χ0n) is 7.55. The fourth-order valence-corrected chi connectivity index (χ4v) is 0.530. The molecule has 0 bridgehead atoms. The molecule has 1 atom stereocenters. The first-order valence-corrected chi connectivity index (χ1v) is 4.11. The molecule has 0 saturated carbocycles. The number of hydrogen-bond acceptors (Lipinski definition) is 1. The summed E-state index contributed by atoms with van der Waals surface area (Å²) in [7, 11) is 0. The zero-order valence-corrected chi connectivity index (χ0v) is 7.55. The standard InChI is InChI=1S/C9H19O/c1-5-6-10-7-9(4)8(2)3/h6,8-9H,5,7H2,1-4H3. The van der Waals surface area contributed by atoms with Crippen LogP contribution in [0.5, 0.6) is 0 Å². The van der Waals surface area contributed by atoms with E-state index in [-0.39, 0.29) is 0 Å². The van der Waals surface area contributed by atoms with Crippen molar-refractivity contribution in [2.75, 3.05) is 6.61 Å². The third-order valence-electron chi connectivity index (χ3n) is 1.78. The summed E-state index contributed by atoms with van der Waals surface area (Å²) in [5.74, 6) is 1.40. The van der Waals surface area contributed by atoms with Crippen LogP contribution in [0.4, 0.5) is 0 Å². The van der Waals surface area contributed by atoms with Crippen molar-refractivity contribution in [1.82, 2.24) is 0 Å². The van der Waals surface area contributed by atoms with Gasteiger partial charge in [0.1, 0.15) is 0 Å². The first-order chi connectivity index (χ1) is 4.68. The molecule has 1 nitrogen and oxygen atoms in total. The Morgan fingerprint density at radius 3 is 2.30 bits per heavy atom. The number of ether oxygens (including phenoxy) is 1. The first-order valence-electron chi connectivity index (χ1n) is 4.11. The third-order valence-corrected chi connectivity index (χ3v) is 1.78. The molecule has 0 aliphatic rings. The van der Waals surface area contributed by atoms with Crippen LogP contribution in [0, 0.1) is 18.4 Å². The maximum absolute atomic E-state index is 5.28. The summed E-state index contributed by atoms with van der Waals surface area (Å²) in [6.45, 7) is 11.5. The summed E-state index contributed by atoms with van der Waals surface area (Å²) in [6.07, 6.45) is 1.00. The van der Waals surface area contributed by atoms with Gasteiger partial charge in [-0.3, -0.25) is 0 Å². The molecule has 0 aromatic rings. The molecule has 0 aliphatic heterocycles. The molecule has 0 aromatic heterocycles. The Kier molecular flexibility index (Phi) is 5.70. The fraction of sp³-hybridized carbons (Fsp3) is 0.889. The maximum atomic E-state index is 5.28. The fourth-order valence-electron chi connectivity index (χ4n) is 0.530. The molecular weight excluding hydrogens is 124 g/mol. The lowest BCUT2D eigenvalue weighted by Gasteiger charge is -2.14. The van der Waals surface area contributed by atoms with E-state index in [1.807, 2.05) is 6.61 Å². The van der Waals surface area contributed by atoms with E-state index in [0.717, 1.165) is 18.9 Å². The highest BCUT2D eigenvalue weighted by Gasteiger charge is 2.05. The zero-order chi connectivity index (χ0) is 7.98. The molecule has 0 N–H and O–H groups in total. The van der Waals surface area contributed by atoms with Crippen molar-refractivity contribution in [2.24, 2.45) is 11.8 Å². The number of hydrogen-bond donors (Lipinski definition) is 0. The van der Waals surface area contributed by atoms with Crippen molar-refractivity contribution in [3.63, 3.8) is 0 Å². The van der Waals surface area contributed by atoms with Crippen molar-refractivity contribution in [1.29, 1.82) is 0 Å². The normalized spacial score (nSPS) is 14.1. The quantitative estimate of drug-likeness (QED) is 0.538. The molecule has 0 rings (SSSR count). The van der Waals surface area contributed by atoms with Gasteiger partial charge in [-0.15, -0.1) is 0 Å². The van der Waals surface area contributed by atoms with Gasteiger partial charge >= 0.3 is 0 Å². The monoisotopic (exact) mass is 143 g/mol. The first kappa shape index (κ1) is 9.96. The summed E-state index contributed by atoms with van der Waals surface area (Å²) in [5, 5.41) is 0. The van der Waals surface area contributed by atoms with E-state index in [1.165, 1.54) is 0 Å². The van der Waals surface area contributed by atoms with Gasteiger partial charge in [-0.05, 0) is 18.3 Å². The average molecular weight is 143 g/mol. The van der Waals surface area contributed by atoms with Crippen molar-refractivity contribution in [3.05, 3.63) is 6.61 Å². The second kappa shape index (κ2) is 5.72. The van der Waals surface area contributed by atoms with Crippen LogP contribution in [0.25, 0.3) is 0 Å². The molecule has 0 fully saturated rings. The van der Waals surface area contributed by atoms with Crippen LogP contribution in [0.1, 0.15) is 34.1 Å². The van der Waals surface area contributed by atoms with E-state index >= 15 is 0 Å². The minimum Gasteiger partial charge on any atom is -0.375 e. The Balaban J connectivity index is 3.13. The molecule has 0 saturated heterocycles. The van der Waals surface area contributed by atoms with Crippen molar-refractivity contribution >= 4 is 0 Å². The minimum absolute atomic E-state index is 0.669. The Morgan fingerprint density at radius 1 is 1.30 bits per heavy atom. The Labute approximate surface area is 64.8 Å². The van der Waals surface area contributed by atoms with Gasteiger partial charge in [-0.25, -0.2) is 0 Å². The highest BCUT2D eigenvalue weighted by atomic mass is 16.5. The lowest BCUT2D eigenvalue weighted by atomic mass is 9.99. The molecular formula is C9H19O. The molecule has 1 heteroatoms. The van der Waals surface area contributed by atoms with Gasteiger partial charge in [0.15, 0.2) is 0 Å². The Hall–Kier alpha value is -0.0400.